The van der Waals surface area contributed by atoms with Crippen LogP contribution in [0.15, 0.2) is 60.7 Å². The first-order valence-electron chi connectivity index (χ1n) is 9.05. The van der Waals surface area contributed by atoms with Crippen molar-refractivity contribution in [3.63, 3.8) is 0 Å². The summed E-state index contributed by atoms with van der Waals surface area (Å²) < 4.78 is 16.4. The van der Waals surface area contributed by atoms with E-state index >= 15 is 0 Å². The Labute approximate surface area is 185 Å². The third-order valence-electron chi connectivity index (χ3n) is 4.39. The molecule has 0 saturated heterocycles. The average Bonchev–Trinajstić information content (AvgIpc) is 2.77. The van der Waals surface area contributed by atoms with Crippen LogP contribution in [0.1, 0.15) is 16.7 Å². The molecule has 3 aromatic carbocycles. The third-order valence-corrected chi connectivity index (χ3v) is 4.94. The van der Waals surface area contributed by atoms with Crippen molar-refractivity contribution in [1.82, 2.24) is 0 Å². The molecule has 0 radical (unpaired) electrons. The normalized spacial score (nSPS) is 11.0. The van der Waals surface area contributed by atoms with Crippen molar-refractivity contribution in [3.05, 3.63) is 87.4 Å². The third kappa shape index (κ3) is 5.27. The number of hydrogen-bond acceptors (Lipinski definition) is 4. The molecular weight excluding hydrogens is 421 g/mol. The van der Waals surface area contributed by atoms with Gasteiger partial charge >= 0.3 is 0 Å². The molecule has 0 saturated carbocycles. The molecule has 0 aliphatic rings. The van der Waals surface area contributed by atoms with Crippen molar-refractivity contribution < 1.29 is 14.2 Å². The fourth-order valence-corrected chi connectivity index (χ4v) is 3.19. The van der Waals surface area contributed by atoms with Crippen LogP contribution >= 0.6 is 23.2 Å². The number of hydrogen-bond donors (Lipinski definition) is 0. The molecule has 0 aromatic heterocycles. The summed E-state index contributed by atoms with van der Waals surface area (Å²) in [6.45, 7) is 0.376. The quantitative estimate of drug-likeness (QED) is 0.305. The Morgan fingerprint density at radius 2 is 1.60 bits per heavy atom. The lowest BCUT2D eigenvalue weighted by Crippen LogP contribution is -1.96. The second kappa shape index (κ2) is 10.1. The molecule has 152 valence electrons. The molecule has 30 heavy (non-hydrogen) atoms. The Balaban J connectivity index is 1.80. The van der Waals surface area contributed by atoms with Gasteiger partial charge in [-0.1, -0.05) is 41.4 Å². The molecule has 6 heteroatoms. The Hall–Kier alpha value is -3.13. The first-order chi connectivity index (χ1) is 14.5. The number of benzene rings is 3. The monoisotopic (exact) mass is 439 g/mol. The highest BCUT2D eigenvalue weighted by molar-refractivity contribution is 6.32. The van der Waals surface area contributed by atoms with Crippen LogP contribution < -0.4 is 14.2 Å². The van der Waals surface area contributed by atoms with Crippen LogP contribution in [-0.4, -0.2) is 14.2 Å². The van der Waals surface area contributed by atoms with Crippen molar-refractivity contribution in [1.29, 1.82) is 5.26 Å². The van der Waals surface area contributed by atoms with Gasteiger partial charge in [-0.15, -0.1) is 0 Å². The van der Waals surface area contributed by atoms with E-state index in [1.54, 1.807) is 44.6 Å². The van der Waals surface area contributed by atoms with Crippen molar-refractivity contribution >= 4 is 34.9 Å². The second-order valence-corrected chi connectivity index (χ2v) is 7.19. The van der Waals surface area contributed by atoms with Gasteiger partial charge in [0.15, 0.2) is 11.5 Å². The number of methoxy groups -OCH3 is 2. The minimum Gasteiger partial charge on any atom is -0.493 e. The molecule has 0 aliphatic carbocycles. The van der Waals surface area contributed by atoms with E-state index in [4.69, 9.17) is 37.4 Å². The highest BCUT2D eigenvalue weighted by Crippen LogP contribution is 2.32. The topological polar surface area (TPSA) is 51.5 Å². The minimum atomic E-state index is 0.376. The van der Waals surface area contributed by atoms with Crippen LogP contribution in [-0.2, 0) is 6.61 Å². The summed E-state index contributed by atoms with van der Waals surface area (Å²) in [6.07, 6.45) is 1.76. The molecule has 0 unspecified atom stereocenters. The molecule has 0 fully saturated rings. The smallest absolute Gasteiger partial charge is 0.161 e. The fraction of sp³-hybridized carbons (Fsp3) is 0.125. The Morgan fingerprint density at radius 1 is 0.900 bits per heavy atom. The van der Waals surface area contributed by atoms with E-state index < -0.39 is 0 Å². The molecule has 3 rings (SSSR count). The zero-order chi connectivity index (χ0) is 21.5. The number of ether oxygens (including phenoxy) is 3. The maximum Gasteiger partial charge on any atom is 0.161 e. The van der Waals surface area contributed by atoms with Crippen molar-refractivity contribution in [2.24, 2.45) is 0 Å². The van der Waals surface area contributed by atoms with Crippen molar-refractivity contribution in [3.8, 4) is 23.3 Å². The Bertz CT molecular complexity index is 1100. The van der Waals surface area contributed by atoms with Gasteiger partial charge in [0.1, 0.15) is 12.4 Å². The largest absolute Gasteiger partial charge is 0.493 e. The summed E-state index contributed by atoms with van der Waals surface area (Å²) in [5.41, 5.74) is 2.96. The Morgan fingerprint density at radius 3 is 2.23 bits per heavy atom. The zero-order valence-corrected chi connectivity index (χ0v) is 18.0. The maximum atomic E-state index is 9.63. The SMILES string of the molecule is COc1ccc(/C(C#N)=C/c2ccc(OCc3ccc(Cl)cc3)c(Cl)c2)cc1OC. The molecule has 0 aliphatic heterocycles. The molecule has 3 aromatic rings. The lowest BCUT2D eigenvalue weighted by molar-refractivity contribution is 0.306. The fourth-order valence-electron chi connectivity index (χ4n) is 2.82. The van der Waals surface area contributed by atoms with Gasteiger partial charge in [-0.25, -0.2) is 0 Å². The molecule has 0 atom stereocenters. The predicted molar refractivity (Wildman–Crippen MR) is 120 cm³/mol. The van der Waals surface area contributed by atoms with E-state index in [0.29, 0.717) is 45.0 Å². The summed E-state index contributed by atoms with van der Waals surface area (Å²) in [6, 6.07) is 20.4. The second-order valence-electron chi connectivity index (χ2n) is 6.34. The van der Waals surface area contributed by atoms with E-state index in [9.17, 15) is 5.26 Å². The Kier molecular flexibility index (Phi) is 7.24. The minimum absolute atomic E-state index is 0.376. The van der Waals surface area contributed by atoms with Gasteiger partial charge in [-0.3, -0.25) is 0 Å². The van der Waals surface area contributed by atoms with Crippen LogP contribution in [0.25, 0.3) is 11.6 Å². The summed E-state index contributed by atoms with van der Waals surface area (Å²) in [7, 11) is 3.12. The van der Waals surface area contributed by atoms with Crippen LogP contribution in [0.2, 0.25) is 10.0 Å². The van der Waals surface area contributed by atoms with E-state index in [0.717, 1.165) is 11.1 Å². The molecule has 0 heterocycles. The van der Waals surface area contributed by atoms with E-state index in [-0.39, 0.29) is 0 Å². The van der Waals surface area contributed by atoms with Gasteiger partial charge in [-0.2, -0.15) is 5.26 Å². The van der Waals surface area contributed by atoms with Crippen LogP contribution in [0, 0.1) is 11.3 Å². The van der Waals surface area contributed by atoms with Gasteiger partial charge in [0.05, 0.1) is 30.9 Å². The standard InChI is InChI=1S/C24H19Cl2NO3/c1-28-23-10-6-18(13-24(23)29-2)19(14-27)11-17-5-9-22(21(26)12-17)30-15-16-3-7-20(25)8-4-16/h3-13H,15H2,1-2H3/b19-11+. The summed E-state index contributed by atoms with van der Waals surface area (Å²) in [4.78, 5) is 0. The summed E-state index contributed by atoms with van der Waals surface area (Å²) in [5.74, 6) is 1.72. The molecule has 4 nitrogen and oxygen atoms in total. The predicted octanol–water partition coefficient (Wildman–Crippen LogP) is 6.65. The number of allylic oxidation sites excluding steroid dienone is 1. The summed E-state index contributed by atoms with van der Waals surface area (Å²) >= 11 is 12.3. The average molecular weight is 440 g/mol. The van der Waals surface area contributed by atoms with Gasteiger partial charge in [0.25, 0.3) is 0 Å². The van der Waals surface area contributed by atoms with Crippen LogP contribution in [0.5, 0.6) is 17.2 Å². The lowest BCUT2D eigenvalue weighted by atomic mass is 10.0. The highest BCUT2D eigenvalue weighted by atomic mass is 35.5. The zero-order valence-electron chi connectivity index (χ0n) is 16.5. The van der Waals surface area contributed by atoms with E-state index in [2.05, 4.69) is 6.07 Å². The van der Waals surface area contributed by atoms with E-state index in [1.807, 2.05) is 36.4 Å². The van der Waals surface area contributed by atoms with E-state index in [1.165, 1.54) is 0 Å². The molecule has 0 N–H and O–H groups in total. The van der Waals surface area contributed by atoms with Gasteiger partial charge in [-0.05, 0) is 65.2 Å². The van der Waals surface area contributed by atoms with Gasteiger partial charge in [0, 0.05) is 5.02 Å². The van der Waals surface area contributed by atoms with Crippen LogP contribution in [0.3, 0.4) is 0 Å². The summed E-state index contributed by atoms with van der Waals surface area (Å²) in [5, 5.41) is 10.8. The number of nitriles is 1. The lowest BCUT2D eigenvalue weighted by Gasteiger charge is -2.10. The molecule has 0 bridgehead atoms. The first-order valence-corrected chi connectivity index (χ1v) is 9.80. The number of rotatable bonds is 7. The van der Waals surface area contributed by atoms with Crippen molar-refractivity contribution in [2.45, 2.75) is 6.61 Å². The maximum absolute atomic E-state index is 9.63. The van der Waals surface area contributed by atoms with Gasteiger partial charge < -0.3 is 14.2 Å². The first kappa shape index (κ1) is 21.6. The molecular formula is C24H19Cl2NO3. The highest BCUT2D eigenvalue weighted by Gasteiger charge is 2.09. The van der Waals surface area contributed by atoms with Crippen molar-refractivity contribution in [2.75, 3.05) is 14.2 Å². The molecule has 0 amide bonds. The van der Waals surface area contributed by atoms with Gasteiger partial charge in [0.2, 0.25) is 0 Å². The number of nitrogens with zero attached hydrogens (tertiary/aromatic N) is 1. The van der Waals surface area contributed by atoms with Crippen LogP contribution in [0.4, 0.5) is 0 Å². The number of halogens is 2. The molecule has 0 spiro atoms.